The van der Waals surface area contributed by atoms with Gasteiger partial charge in [0.05, 0.1) is 24.1 Å². The number of alkyl halides is 3. The highest BCUT2D eigenvalue weighted by Crippen LogP contribution is 2.41. The van der Waals surface area contributed by atoms with E-state index in [0.29, 0.717) is 22.7 Å². The van der Waals surface area contributed by atoms with Crippen molar-refractivity contribution in [3.8, 4) is 5.75 Å². The van der Waals surface area contributed by atoms with Crippen LogP contribution in [-0.2, 0) is 16.5 Å². The number of halogens is 3. The molecule has 170 valence electrons. The highest BCUT2D eigenvalue weighted by molar-refractivity contribution is 5.94. The summed E-state index contributed by atoms with van der Waals surface area (Å²) >= 11 is 0. The van der Waals surface area contributed by atoms with E-state index < -0.39 is 23.2 Å². The molecule has 10 heteroatoms. The van der Waals surface area contributed by atoms with Gasteiger partial charge in [-0.2, -0.15) is 13.2 Å². The van der Waals surface area contributed by atoms with Gasteiger partial charge in [0.1, 0.15) is 22.7 Å². The number of hydrogen-bond acceptors (Lipinski definition) is 5. The van der Waals surface area contributed by atoms with Crippen molar-refractivity contribution in [1.82, 2.24) is 15.3 Å². The molecule has 4 rings (SSSR count). The maximum absolute atomic E-state index is 13.2. The Morgan fingerprint density at radius 3 is 2.45 bits per heavy atom. The zero-order valence-corrected chi connectivity index (χ0v) is 17.4. The van der Waals surface area contributed by atoms with Gasteiger partial charge in [-0.1, -0.05) is 12.1 Å². The molecule has 1 aromatic carbocycles. The van der Waals surface area contributed by atoms with Gasteiger partial charge < -0.3 is 15.4 Å². The normalized spacial score (nSPS) is 17.5. The molecule has 0 saturated carbocycles. The lowest BCUT2D eigenvalue weighted by Gasteiger charge is -2.39. The van der Waals surface area contributed by atoms with Crippen molar-refractivity contribution < 1.29 is 27.5 Å². The third-order valence-corrected chi connectivity index (χ3v) is 5.26. The third-order valence-electron chi connectivity index (χ3n) is 5.26. The van der Waals surface area contributed by atoms with Gasteiger partial charge in [0.2, 0.25) is 5.91 Å². The van der Waals surface area contributed by atoms with Gasteiger partial charge >= 0.3 is 6.18 Å². The lowest BCUT2D eigenvalue weighted by atomic mass is 9.81. The van der Waals surface area contributed by atoms with Gasteiger partial charge in [0, 0.05) is 19.5 Å². The first-order chi connectivity index (χ1) is 15.7. The summed E-state index contributed by atoms with van der Waals surface area (Å²) in [6.45, 7) is 1.57. The number of fused-ring (bicyclic) bond motifs is 1. The number of anilines is 1. The molecule has 3 heterocycles. The monoisotopic (exact) mass is 456 g/mol. The van der Waals surface area contributed by atoms with Crippen LogP contribution in [0.1, 0.15) is 40.7 Å². The Kier molecular flexibility index (Phi) is 5.75. The maximum atomic E-state index is 13.2. The molecular formula is C23H19F3N4O3. The highest BCUT2D eigenvalue weighted by Gasteiger charge is 2.43. The number of pyridine rings is 2. The minimum atomic E-state index is -4.49. The van der Waals surface area contributed by atoms with E-state index in [0.717, 1.165) is 12.1 Å². The first kappa shape index (κ1) is 22.3. The molecule has 1 unspecified atom stereocenters. The summed E-state index contributed by atoms with van der Waals surface area (Å²) < 4.78 is 45.0. The Hall–Kier alpha value is -3.95. The topological polar surface area (TPSA) is 93.2 Å². The number of carbonyl (C=O) groups excluding carboxylic acids is 2. The van der Waals surface area contributed by atoms with Crippen molar-refractivity contribution in [3.63, 3.8) is 0 Å². The SMILES string of the molecule is CC(=O)Nc1ccc(C(=O)NC2(c3ccc(C(F)(F)F)cc3)CCOc3cccnc32)nc1. The molecular weight excluding hydrogens is 437 g/mol. The summed E-state index contributed by atoms with van der Waals surface area (Å²) in [5.74, 6) is -0.402. The fraction of sp³-hybridized carbons (Fsp3) is 0.217. The van der Waals surface area contributed by atoms with Crippen LogP contribution in [0.3, 0.4) is 0 Å². The predicted molar refractivity (Wildman–Crippen MR) is 113 cm³/mol. The van der Waals surface area contributed by atoms with Gasteiger partial charge in [-0.05, 0) is 42.0 Å². The molecule has 2 N–H and O–H groups in total. The quantitative estimate of drug-likeness (QED) is 0.621. The second-order valence-electron chi connectivity index (χ2n) is 7.50. The summed E-state index contributed by atoms with van der Waals surface area (Å²) in [6.07, 6.45) is -1.37. The fourth-order valence-corrected chi connectivity index (χ4v) is 3.74. The zero-order valence-electron chi connectivity index (χ0n) is 17.4. The number of ether oxygens (including phenoxy) is 1. The van der Waals surface area contributed by atoms with Crippen molar-refractivity contribution in [2.45, 2.75) is 25.1 Å². The Morgan fingerprint density at radius 1 is 1.06 bits per heavy atom. The van der Waals surface area contributed by atoms with E-state index in [4.69, 9.17) is 4.74 Å². The largest absolute Gasteiger partial charge is 0.491 e. The fourth-order valence-electron chi connectivity index (χ4n) is 3.74. The van der Waals surface area contributed by atoms with Crippen molar-refractivity contribution >= 4 is 17.5 Å². The van der Waals surface area contributed by atoms with Crippen molar-refractivity contribution in [3.05, 3.63) is 83.4 Å². The Morgan fingerprint density at radius 2 is 1.82 bits per heavy atom. The molecule has 0 bridgehead atoms. The van der Waals surface area contributed by atoms with E-state index in [1.807, 2.05) is 0 Å². The number of nitrogens with zero attached hydrogens (tertiary/aromatic N) is 2. The van der Waals surface area contributed by atoms with Crippen LogP contribution >= 0.6 is 0 Å². The second kappa shape index (κ2) is 8.53. The zero-order chi connectivity index (χ0) is 23.6. The van der Waals surface area contributed by atoms with Gasteiger partial charge in [0.25, 0.3) is 5.91 Å². The number of hydrogen-bond donors (Lipinski definition) is 2. The lowest BCUT2D eigenvalue weighted by molar-refractivity contribution is -0.137. The molecule has 1 aliphatic heterocycles. The van der Waals surface area contributed by atoms with Crippen LogP contribution in [0.2, 0.25) is 0 Å². The first-order valence-corrected chi connectivity index (χ1v) is 10.0. The van der Waals surface area contributed by atoms with E-state index in [9.17, 15) is 22.8 Å². The molecule has 2 amide bonds. The molecule has 0 radical (unpaired) electrons. The molecule has 0 aliphatic carbocycles. The first-order valence-electron chi connectivity index (χ1n) is 10.0. The van der Waals surface area contributed by atoms with E-state index in [-0.39, 0.29) is 24.6 Å². The van der Waals surface area contributed by atoms with Gasteiger partial charge in [0.15, 0.2) is 0 Å². The van der Waals surface area contributed by atoms with E-state index in [2.05, 4.69) is 20.6 Å². The minimum absolute atomic E-state index is 0.0689. The molecule has 2 aromatic heterocycles. The predicted octanol–water partition coefficient (Wildman–Crippen LogP) is 3.91. The van der Waals surface area contributed by atoms with Crippen LogP contribution in [0.5, 0.6) is 5.75 Å². The van der Waals surface area contributed by atoms with Crippen molar-refractivity contribution in [1.29, 1.82) is 0 Å². The Bertz CT molecular complexity index is 1180. The lowest BCUT2D eigenvalue weighted by Crippen LogP contribution is -2.50. The summed E-state index contributed by atoms with van der Waals surface area (Å²) in [6, 6.07) is 11.0. The molecule has 0 spiro atoms. The van der Waals surface area contributed by atoms with Crippen LogP contribution in [0, 0.1) is 0 Å². The summed E-state index contributed by atoms with van der Waals surface area (Å²) in [7, 11) is 0. The molecule has 0 fully saturated rings. The number of nitrogens with one attached hydrogen (secondary N) is 2. The van der Waals surface area contributed by atoms with Crippen molar-refractivity contribution in [2.24, 2.45) is 0 Å². The summed E-state index contributed by atoms with van der Waals surface area (Å²) in [4.78, 5) is 32.8. The van der Waals surface area contributed by atoms with Crippen LogP contribution in [0.25, 0.3) is 0 Å². The number of amides is 2. The Labute approximate surface area is 187 Å². The molecule has 3 aromatic rings. The smallest absolute Gasteiger partial charge is 0.416 e. The van der Waals surface area contributed by atoms with Gasteiger partial charge in [-0.3, -0.25) is 14.6 Å². The van der Waals surface area contributed by atoms with Crippen LogP contribution < -0.4 is 15.4 Å². The summed E-state index contributed by atoms with van der Waals surface area (Å²) in [5.41, 5.74) is -0.708. The number of carbonyl (C=O) groups is 2. The maximum Gasteiger partial charge on any atom is 0.416 e. The molecule has 33 heavy (non-hydrogen) atoms. The Balaban J connectivity index is 1.73. The molecule has 1 atom stereocenters. The van der Waals surface area contributed by atoms with Crippen LogP contribution in [0.15, 0.2) is 60.9 Å². The van der Waals surface area contributed by atoms with E-state index in [1.165, 1.54) is 43.6 Å². The standard InChI is InChI=1S/C23H19F3N4O3/c1-14(31)29-17-8-9-18(28-13-17)21(32)30-22(10-12-33-19-3-2-11-27-20(19)22)15-4-6-16(7-5-15)23(24,25)26/h2-9,11,13H,10,12H2,1H3,(H,29,31)(H,30,32). The average molecular weight is 456 g/mol. The van der Waals surface area contributed by atoms with Crippen molar-refractivity contribution in [2.75, 3.05) is 11.9 Å². The van der Waals surface area contributed by atoms with Crippen LogP contribution in [0.4, 0.5) is 18.9 Å². The van der Waals surface area contributed by atoms with E-state index >= 15 is 0 Å². The highest BCUT2D eigenvalue weighted by atomic mass is 19.4. The molecule has 0 saturated heterocycles. The second-order valence-corrected chi connectivity index (χ2v) is 7.50. The molecule has 1 aliphatic rings. The third kappa shape index (κ3) is 4.50. The van der Waals surface area contributed by atoms with Gasteiger partial charge in [-0.15, -0.1) is 0 Å². The summed E-state index contributed by atoms with van der Waals surface area (Å²) in [5, 5.41) is 5.49. The van der Waals surface area contributed by atoms with E-state index in [1.54, 1.807) is 12.1 Å². The number of aromatic nitrogens is 2. The number of rotatable bonds is 4. The molecule has 7 nitrogen and oxygen atoms in total. The number of benzene rings is 1. The minimum Gasteiger partial charge on any atom is -0.491 e. The van der Waals surface area contributed by atoms with Crippen LogP contribution in [-0.4, -0.2) is 28.4 Å². The van der Waals surface area contributed by atoms with Gasteiger partial charge in [-0.25, -0.2) is 4.98 Å². The average Bonchev–Trinajstić information content (AvgIpc) is 2.79.